The normalized spacial score (nSPS) is 24.1. The molecule has 0 bridgehead atoms. The van der Waals surface area contributed by atoms with Crippen LogP contribution < -0.4 is 20.1 Å². The molecule has 1 amide bonds. The maximum Gasteiger partial charge on any atom is 0.417 e. The predicted molar refractivity (Wildman–Crippen MR) is 123 cm³/mol. The van der Waals surface area contributed by atoms with Gasteiger partial charge in [0.1, 0.15) is 5.76 Å². The van der Waals surface area contributed by atoms with Gasteiger partial charge in [0.25, 0.3) is 0 Å². The summed E-state index contributed by atoms with van der Waals surface area (Å²) in [5, 5.41) is 24.9. The number of carbonyl (C=O) groups excluding carboxylic acids is 1. The fourth-order valence-electron chi connectivity index (χ4n) is 4.62. The van der Waals surface area contributed by atoms with E-state index >= 15 is 0 Å². The van der Waals surface area contributed by atoms with E-state index < -0.39 is 5.91 Å². The topological polar surface area (TPSA) is 108 Å². The highest BCUT2D eigenvalue weighted by atomic mass is 16.5. The number of pyridine rings is 1. The summed E-state index contributed by atoms with van der Waals surface area (Å²) in [4.78, 5) is 12.9. The van der Waals surface area contributed by atoms with E-state index in [0.717, 1.165) is 24.7 Å². The van der Waals surface area contributed by atoms with E-state index in [1.807, 2.05) is 13.1 Å². The van der Waals surface area contributed by atoms with Crippen LogP contribution >= 0.6 is 0 Å². The first-order valence-corrected chi connectivity index (χ1v) is 11.7. The lowest BCUT2D eigenvalue weighted by Crippen LogP contribution is -2.43. The van der Waals surface area contributed by atoms with Gasteiger partial charge in [-0.1, -0.05) is 0 Å². The third-order valence-electron chi connectivity index (χ3n) is 6.61. The molecule has 1 aromatic heterocycles. The molecule has 3 aliphatic rings. The second-order valence-electron chi connectivity index (χ2n) is 8.85. The van der Waals surface area contributed by atoms with E-state index in [1.165, 1.54) is 38.9 Å². The fourth-order valence-corrected chi connectivity index (χ4v) is 4.62. The lowest BCUT2D eigenvalue weighted by atomic mass is 9.83. The van der Waals surface area contributed by atoms with Crippen LogP contribution in [0.2, 0.25) is 0 Å². The number of aromatic nitrogens is 1. The minimum Gasteiger partial charge on any atom is -0.492 e. The lowest BCUT2D eigenvalue weighted by molar-refractivity contribution is -0.907. The van der Waals surface area contributed by atoms with Crippen molar-refractivity contribution >= 4 is 11.6 Å². The molecule has 0 radical (unpaired) electrons. The maximum atomic E-state index is 12.9. The number of methoxy groups -OCH3 is 1. The van der Waals surface area contributed by atoms with Gasteiger partial charge >= 0.3 is 17.5 Å². The molecule has 0 aromatic carbocycles. The molecule has 8 heteroatoms. The summed E-state index contributed by atoms with van der Waals surface area (Å²) in [6, 6.07) is 5.07. The van der Waals surface area contributed by atoms with E-state index in [4.69, 9.17) is 14.9 Å². The Balaban J connectivity index is 1.47. The van der Waals surface area contributed by atoms with Crippen LogP contribution in [0.4, 0.5) is 0 Å². The predicted octanol–water partition coefficient (Wildman–Crippen LogP) is 3.23. The van der Waals surface area contributed by atoms with Crippen molar-refractivity contribution in [2.24, 2.45) is 11.8 Å². The monoisotopic (exact) mass is 453 g/mol. The Hall–Kier alpha value is -3.29. The van der Waals surface area contributed by atoms with Crippen molar-refractivity contribution in [3.8, 4) is 5.88 Å². The third-order valence-corrected chi connectivity index (χ3v) is 6.61. The fraction of sp³-hybridized carbons (Fsp3) is 0.480. The first kappa shape index (κ1) is 22.9. The molecule has 0 spiro atoms. The highest BCUT2D eigenvalue weighted by Crippen LogP contribution is 2.43. The molecular formula is C25H33N4O4+. The zero-order chi connectivity index (χ0) is 23.4. The van der Waals surface area contributed by atoms with Crippen LogP contribution in [-0.2, 0) is 4.74 Å². The molecule has 3 aliphatic carbocycles. The molecule has 4 N–H and O–H groups in total. The van der Waals surface area contributed by atoms with Crippen LogP contribution in [0.3, 0.4) is 0 Å². The first-order chi connectivity index (χ1) is 16.0. The Morgan fingerprint density at radius 1 is 1.18 bits per heavy atom. The number of nitrogens with zero attached hydrogens (tertiary/aromatic N) is 1. The molecule has 1 heterocycles. The van der Waals surface area contributed by atoms with Crippen molar-refractivity contribution in [3.05, 3.63) is 59.3 Å². The summed E-state index contributed by atoms with van der Waals surface area (Å²) in [5.74, 6) is 1.89. The van der Waals surface area contributed by atoms with Crippen LogP contribution in [0, 0.1) is 17.2 Å². The molecule has 2 saturated carbocycles. The number of carbonyl (C=O) groups is 1. The standard InChI is InChI=1S/C25H32N4O4/c1-3-33-23-14-20(26)18(15-27-19-11-9-17(10-12-19)16-7-8-16)13-21(23)28-25(30)22-5-4-6-24(32-2)29(22)31/h4-6,13-17,19,26,30-31H,3,7-12H2,1-2H3/p+1/t17-,19-. The molecule has 0 aliphatic heterocycles. The van der Waals surface area contributed by atoms with Crippen molar-refractivity contribution in [2.75, 3.05) is 13.7 Å². The zero-order valence-electron chi connectivity index (χ0n) is 19.3. The van der Waals surface area contributed by atoms with Crippen molar-refractivity contribution in [1.29, 1.82) is 5.41 Å². The van der Waals surface area contributed by atoms with E-state index in [1.54, 1.807) is 24.3 Å². The van der Waals surface area contributed by atoms with E-state index in [9.17, 15) is 10.0 Å². The number of allylic oxidation sites excluding steroid dienone is 3. The summed E-state index contributed by atoms with van der Waals surface area (Å²) in [7, 11) is 1.41. The van der Waals surface area contributed by atoms with Gasteiger partial charge in [-0.15, -0.1) is 0 Å². The van der Waals surface area contributed by atoms with Crippen molar-refractivity contribution in [3.63, 3.8) is 0 Å². The van der Waals surface area contributed by atoms with Crippen LogP contribution in [0.1, 0.15) is 55.9 Å². The zero-order valence-corrected chi connectivity index (χ0v) is 19.3. The van der Waals surface area contributed by atoms with Crippen molar-refractivity contribution < 1.29 is 24.2 Å². The molecule has 33 heavy (non-hydrogen) atoms. The molecule has 0 unspecified atom stereocenters. The maximum absolute atomic E-state index is 12.9. The van der Waals surface area contributed by atoms with E-state index in [0.29, 0.717) is 40.1 Å². The van der Waals surface area contributed by atoms with E-state index in [-0.39, 0.29) is 11.6 Å². The van der Waals surface area contributed by atoms with Crippen LogP contribution in [0.15, 0.2) is 53.6 Å². The molecule has 0 atom stereocenters. The molecule has 0 saturated heterocycles. The van der Waals surface area contributed by atoms with Gasteiger partial charge in [0.2, 0.25) is 0 Å². The minimum absolute atomic E-state index is 0.0165. The molecule has 176 valence electrons. The number of ether oxygens (including phenoxy) is 2. The number of hydrogen-bond donors (Lipinski definition) is 4. The van der Waals surface area contributed by atoms with Crippen molar-refractivity contribution in [1.82, 2.24) is 10.6 Å². The summed E-state index contributed by atoms with van der Waals surface area (Å²) >= 11 is 0. The van der Waals surface area contributed by atoms with Gasteiger partial charge in [0, 0.05) is 30.0 Å². The van der Waals surface area contributed by atoms with Gasteiger partial charge in [-0.3, -0.25) is 10.0 Å². The van der Waals surface area contributed by atoms with Crippen LogP contribution in [0.5, 0.6) is 5.88 Å². The van der Waals surface area contributed by atoms with Gasteiger partial charge in [-0.25, -0.2) is 0 Å². The SMILES string of the molecule is CCOC1=CC(=N)/C(=C\N[C@H]2CC[C@H](C3CC3)CC2)C=C1NC(=O)c1cccc(OC)[n+]1O. The molecule has 2 fully saturated rings. The first-order valence-electron chi connectivity index (χ1n) is 11.7. The summed E-state index contributed by atoms with van der Waals surface area (Å²) < 4.78 is 11.4. The quantitative estimate of drug-likeness (QED) is 0.357. The van der Waals surface area contributed by atoms with Gasteiger partial charge in [-0.05, 0) is 69.4 Å². The second-order valence-corrected chi connectivity index (χ2v) is 8.85. The lowest BCUT2D eigenvalue weighted by Gasteiger charge is -2.29. The molecular weight excluding hydrogens is 420 g/mol. The third kappa shape index (κ3) is 5.38. The summed E-state index contributed by atoms with van der Waals surface area (Å²) in [5.41, 5.74) is 1.43. The number of amides is 1. The average Bonchev–Trinajstić information content (AvgIpc) is 3.66. The Kier molecular flexibility index (Phi) is 7.01. The van der Waals surface area contributed by atoms with Gasteiger partial charge in [0.15, 0.2) is 0 Å². The Labute approximate surface area is 194 Å². The number of hydrogen-bond acceptors (Lipinski definition) is 6. The minimum atomic E-state index is -0.521. The molecule has 8 nitrogen and oxygen atoms in total. The van der Waals surface area contributed by atoms with E-state index in [2.05, 4.69) is 10.6 Å². The Morgan fingerprint density at radius 3 is 2.52 bits per heavy atom. The average molecular weight is 454 g/mol. The second kappa shape index (κ2) is 10.1. The Bertz CT molecular complexity index is 1000. The van der Waals surface area contributed by atoms with Crippen LogP contribution in [0.25, 0.3) is 0 Å². The summed E-state index contributed by atoms with van der Waals surface area (Å²) in [6.07, 6.45) is 12.9. The largest absolute Gasteiger partial charge is 0.492 e. The highest BCUT2D eigenvalue weighted by Gasteiger charge is 2.34. The summed E-state index contributed by atoms with van der Waals surface area (Å²) in [6.45, 7) is 2.24. The van der Waals surface area contributed by atoms with Gasteiger partial charge in [-0.2, -0.15) is 0 Å². The number of nitrogens with one attached hydrogen (secondary N) is 3. The smallest absolute Gasteiger partial charge is 0.417 e. The highest BCUT2D eigenvalue weighted by molar-refractivity contribution is 6.10. The Morgan fingerprint density at radius 2 is 1.88 bits per heavy atom. The number of rotatable bonds is 8. The van der Waals surface area contributed by atoms with Crippen LogP contribution in [-0.4, -0.2) is 36.6 Å². The van der Waals surface area contributed by atoms with Crippen molar-refractivity contribution in [2.45, 2.75) is 51.5 Å². The molecule has 1 aromatic rings. The molecule has 4 rings (SSSR count). The van der Waals surface area contributed by atoms with Gasteiger partial charge in [0.05, 0.1) is 35.9 Å². The van der Waals surface area contributed by atoms with Gasteiger partial charge < -0.3 is 25.5 Å².